The fraction of sp³-hybridized carbons (Fsp3) is 0.167. The van der Waals surface area contributed by atoms with E-state index in [9.17, 15) is 13.6 Å². The van der Waals surface area contributed by atoms with Crippen molar-refractivity contribution in [1.29, 1.82) is 0 Å². The number of fused-ring (bicyclic) bond motifs is 1. The highest BCUT2D eigenvalue weighted by Gasteiger charge is 2.17. The standard InChI is InChI=1S/C18H14ClF2NO3/c19-11-2-1-10(18(6-11)25-4-3-23)5-17(24)13-9-22-16-8-15(21)14(20)7-12(13)16/h1-2,6-9,22-23H,3-5H2. The van der Waals surface area contributed by atoms with Crippen molar-refractivity contribution in [3.8, 4) is 5.75 Å². The summed E-state index contributed by atoms with van der Waals surface area (Å²) in [5.41, 5.74) is 1.19. The third-order valence-electron chi connectivity index (χ3n) is 3.75. The first kappa shape index (κ1) is 17.4. The van der Waals surface area contributed by atoms with Crippen LogP contribution in [0.4, 0.5) is 8.78 Å². The van der Waals surface area contributed by atoms with Gasteiger partial charge in [-0.05, 0) is 18.2 Å². The van der Waals surface area contributed by atoms with Gasteiger partial charge in [0.25, 0.3) is 0 Å². The molecule has 1 heterocycles. The highest BCUT2D eigenvalue weighted by molar-refractivity contribution is 6.30. The van der Waals surface area contributed by atoms with E-state index in [-0.39, 0.29) is 31.0 Å². The van der Waals surface area contributed by atoms with E-state index in [4.69, 9.17) is 21.4 Å². The number of ether oxygens (including phenoxy) is 1. The summed E-state index contributed by atoms with van der Waals surface area (Å²) >= 11 is 5.93. The van der Waals surface area contributed by atoms with Crippen molar-refractivity contribution in [1.82, 2.24) is 4.98 Å². The molecule has 0 radical (unpaired) electrons. The molecule has 0 fully saturated rings. The first-order valence-corrected chi connectivity index (χ1v) is 7.89. The predicted molar refractivity (Wildman–Crippen MR) is 90.3 cm³/mol. The predicted octanol–water partition coefficient (Wildman–Crippen LogP) is 3.90. The molecule has 7 heteroatoms. The molecule has 25 heavy (non-hydrogen) atoms. The Hall–Kier alpha value is -2.44. The molecule has 1 aromatic heterocycles. The molecule has 0 saturated carbocycles. The van der Waals surface area contributed by atoms with Gasteiger partial charge in [0.1, 0.15) is 12.4 Å². The van der Waals surface area contributed by atoms with Gasteiger partial charge in [0.15, 0.2) is 17.4 Å². The Morgan fingerprint density at radius 1 is 1.20 bits per heavy atom. The number of rotatable bonds is 6. The summed E-state index contributed by atoms with van der Waals surface area (Å²) in [7, 11) is 0. The second-order valence-corrected chi connectivity index (χ2v) is 5.87. The Morgan fingerprint density at radius 3 is 2.72 bits per heavy atom. The van der Waals surface area contributed by atoms with Crippen LogP contribution >= 0.6 is 11.6 Å². The van der Waals surface area contributed by atoms with Crippen molar-refractivity contribution in [3.05, 3.63) is 64.3 Å². The highest BCUT2D eigenvalue weighted by atomic mass is 35.5. The monoisotopic (exact) mass is 365 g/mol. The number of hydrogen-bond donors (Lipinski definition) is 2. The van der Waals surface area contributed by atoms with Crippen LogP contribution in [0.15, 0.2) is 36.5 Å². The van der Waals surface area contributed by atoms with Crippen LogP contribution < -0.4 is 4.74 Å². The molecule has 0 unspecified atom stereocenters. The fourth-order valence-corrected chi connectivity index (χ4v) is 2.74. The van der Waals surface area contributed by atoms with Crippen molar-refractivity contribution in [2.75, 3.05) is 13.2 Å². The van der Waals surface area contributed by atoms with E-state index in [0.29, 0.717) is 27.2 Å². The van der Waals surface area contributed by atoms with Crippen LogP contribution in [0.2, 0.25) is 5.02 Å². The maximum absolute atomic E-state index is 13.5. The van der Waals surface area contributed by atoms with Gasteiger partial charge < -0.3 is 14.8 Å². The minimum absolute atomic E-state index is 0.0100. The molecule has 0 atom stereocenters. The minimum Gasteiger partial charge on any atom is -0.491 e. The van der Waals surface area contributed by atoms with Crippen molar-refractivity contribution in [2.45, 2.75) is 6.42 Å². The summed E-state index contributed by atoms with van der Waals surface area (Å²) in [4.78, 5) is 15.4. The van der Waals surface area contributed by atoms with Gasteiger partial charge in [0.05, 0.1) is 6.61 Å². The van der Waals surface area contributed by atoms with E-state index < -0.39 is 11.6 Å². The molecule has 0 bridgehead atoms. The van der Waals surface area contributed by atoms with Crippen LogP contribution in [0.1, 0.15) is 15.9 Å². The Bertz CT molecular complexity index is 939. The van der Waals surface area contributed by atoms with Crippen molar-refractivity contribution < 1.29 is 23.4 Å². The van der Waals surface area contributed by atoms with Crippen molar-refractivity contribution in [3.63, 3.8) is 0 Å². The molecule has 0 spiro atoms. The summed E-state index contributed by atoms with van der Waals surface area (Å²) in [6, 6.07) is 6.85. The van der Waals surface area contributed by atoms with Crippen LogP contribution in [0.5, 0.6) is 5.75 Å². The number of carbonyl (C=O) groups is 1. The normalized spacial score (nSPS) is 11.0. The molecule has 3 aromatic rings. The quantitative estimate of drug-likeness (QED) is 0.651. The lowest BCUT2D eigenvalue weighted by Gasteiger charge is -2.10. The van der Waals surface area contributed by atoms with Crippen molar-refractivity contribution >= 4 is 28.3 Å². The molecule has 0 saturated heterocycles. The number of carbonyl (C=O) groups excluding carboxylic acids is 1. The van der Waals surface area contributed by atoms with Crippen LogP contribution in [-0.2, 0) is 6.42 Å². The number of H-pyrrole nitrogens is 1. The van der Waals surface area contributed by atoms with Crippen LogP contribution in [0, 0.1) is 11.6 Å². The number of benzene rings is 2. The third-order valence-corrected chi connectivity index (χ3v) is 3.99. The molecular weight excluding hydrogens is 352 g/mol. The third kappa shape index (κ3) is 3.65. The van der Waals surface area contributed by atoms with E-state index in [2.05, 4.69) is 4.98 Å². The molecule has 130 valence electrons. The number of aromatic nitrogens is 1. The molecule has 0 amide bonds. The summed E-state index contributed by atoms with van der Waals surface area (Å²) in [5.74, 6) is -1.88. The SMILES string of the molecule is O=C(Cc1ccc(Cl)cc1OCCO)c1c[nH]c2cc(F)c(F)cc12. The lowest BCUT2D eigenvalue weighted by molar-refractivity contribution is 0.0993. The average molecular weight is 366 g/mol. The second-order valence-electron chi connectivity index (χ2n) is 5.44. The van der Waals surface area contributed by atoms with E-state index in [1.54, 1.807) is 18.2 Å². The van der Waals surface area contributed by atoms with Gasteiger partial charge >= 0.3 is 0 Å². The summed E-state index contributed by atoms with van der Waals surface area (Å²) in [6.45, 7) is -0.105. The Morgan fingerprint density at radius 2 is 1.96 bits per heavy atom. The zero-order chi connectivity index (χ0) is 18.0. The summed E-state index contributed by atoms with van der Waals surface area (Å²) in [5, 5.41) is 9.65. The molecule has 0 aliphatic carbocycles. The number of hydrogen-bond acceptors (Lipinski definition) is 3. The highest BCUT2D eigenvalue weighted by Crippen LogP contribution is 2.27. The lowest BCUT2D eigenvalue weighted by atomic mass is 10.0. The summed E-state index contributed by atoms with van der Waals surface area (Å²) in [6.07, 6.45) is 1.42. The molecule has 3 rings (SSSR count). The zero-order valence-corrected chi connectivity index (χ0v) is 13.7. The number of nitrogens with one attached hydrogen (secondary N) is 1. The van der Waals surface area contributed by atoms with E-state index >= 15 is 0 Å². The first-order valence-electron chi connectivity index (χ1n) is 7.51. The zero-order valence-electron chi connectivity index (χ0n) is 13.0. The topological polar surface area (TPSA) is 62.3 Å². The largest absolute Gasteiger partial charge is 0.491 e. The van der Waals surface area contributed by atoms with Gasteiger partial charge in [-0.25, -0.2) is 8.78 Å². The van der Waals surface area contributed by atoms with Gasteiger partial charge in [-0.2, -0.15) is 0 Å². The van der Waals surface area contributed by atoms with Crippen LogP contribution in [0.25, 0.3) is 10.9 Å². The molecular formula is C18H14ClF2NO3. The minimum atomic E-state index is -1.01. The molecule has 2 aromatic carbocycles. The lowest BCUT2D eigenvalue weighted by Crippen LogP contribution is -2.08. The molecule has 0 aliphatic rings. The van der Waals surface area contributed by atoms with Gasteiger partial charge in [0, 0.05) is 45.7 Å². The Kier molecular flexibility index (Phi) is 5.01. The number of halogens is 3. The van der Waals surface area contributed by atoms with E-state index in [1.165, 1.54) is 6.20 Å². The number of aliphatic hydroxyl groups is 1. The smallest absolute Gasteiger partial charge is 0.169 e. The van der Waals surface area contributed by atoms with Crippen molar-refractivity contribution in [2.24, 2.45) is 0 Å². The van der Waals surface area contributed by atoms with Crippen LogP contribution in [0.3, 0.4) is 0 Å². The number of Topliss-reactive ketones (excluding diaryl/α,β-unsaturated/α-hetero) is 1. The first-order chi connectivity index (χ1) is 12.0. The van der Waals surface area contributed by atoms with Gasteiger partial charge in [-0.1, -0.05) is 17.7 Å². The molecule has 0 aliphatic heterocycles. The fourth-order valence-electron chi connectivity index (χ4n) is 2.58. The maximum atomic E-state index is 13.5. The van der Waals surface area contributed by atoms with Crippen LogP contribution in [-0.4, -0.2) is 29.1 Å². The summed E-state index contributed by atoms with van der Waals surface area (Å²) < 4.78 is 32.2. The Balaban J connectivity index is 1.91. The molecule has 2 N–H and O–H groups in total. The Labute approximate surface area is 147 Å². The van der Waals surface area contributed by atoms with Gasteiger partial charge in [-0.15, -0.1) is 0 Å². The van der Waals surface area contributed by atoms with E-state index in [0.717, 1.165) is 12.1 Å². The number of aromatic amines is 1. The molecule has 4 nitrogen and oxygen atoms in total. The second kappa shape index (κ2) is 7.21. The maximum Gasteiger partial charge on any atom is 0.169 e. The number of ketones is 1. The average Bonchev–Trinajstić information content (AvgIpc) is 2.98. The van der Waals surface area contributed by atoms with Gasteiger partial charge in [0.2, 0.25) is 0 Å². The van der Waals surface area contributed by atoms with Gasteiger partial charge in [-0.3, -0.25) is 4.79 Å². The van der Waals surface area contributed by atoms with E-state index in [1.807, 2.05) is 0 Å². The number of aliphatic hydroxyl groups excluding tert-OH is 1.